The van der Waals surface area contributed by atoms with E-state index in [4.69, 9.17) is 5.73 Å². The maximum absolute atomic E-state index is 13.6. The normalized spacial score (nSPS) is 15.1. The highest BCUT2D eigenvalue weighted by Gasteiger charge is 2.37. The maximum atomic E-state index is 13.6. The zero-order valence-electron chi connectivity index (χ0n) is 21.2. The van der Waals surface area contributed by atoms with Crippen molar-refractivity contribution in [3.8, 4) is 5.69 Å². The molecule has 1 amide bonds. The van der Waals surface area contributed by atoms with Gasteiger partial charge in [0.05, 0.1) is 5.69 Å². The van der Waals surface area contributed by atoms with Crippen molar-refractivity contribution in [1.29, 1.82) is 0 Å². The van der Waals surface area contributed by atoms with Gasteiger partial charge in [-0.2, -0.15) is 18.3 Å². The lowest BCUT2D eigenvalue weighted by molar-refractivity contribution is -0.141. The van der Waals surface area contributed by atoms with E-state index >= 15 is 0 Å². The van der Waals surface area contributed by atoms with E-state index in [-0.39, 0.29) is 17.9 Å². The smallest absolute Gasteiger partial charge is 0.380 e. The lowest BCUT2D eigenvalue weighted by Gasteiger charge is -2.30. The maximum Gasteiger partial charge on any atom is 0.435 e. The lowest BCUT2D eigenvalue weighted by Crippen LogP contribution is -2.28. The van der Waals surface area contributed by atoms with Crippen molar-refractivity contribution < 1.29 is 23.1 Å². The molecule has 1 saturated carbocycles. The Bertz CT molecular complexity index is 1460. The number of hydrogen-bond acceptors (Lipinski definition) is 4. The number of hydrogen-bond donors (Lipinski definition) is 3. The van der Waals surface area contributed by atoms with Gasteiger partial charge in [0, 0.05) is 18.3 Å². The molecule has 39 heavy (non-hydrogen) atoms. The minimum absolute atomic E-state index is 0.181. The quantitative estimate of drug-likeness (QED) is 0.245. The molecule has 1 fully saturated rings. The molecule has 1 aliphatic rings. The number of aliphatic hydroxyl groups is 1. The van der Waals surface area contributed by atoms with Gasteiger partial charge in [0.15, 0.2) is 5.69 Å². The SMILES string of the molecule is NCc1cccc(-n2nc(C(F)(F)F)cc2C(=O)Nc2cccc([C@@](O)(CCC3CC3)c3ccccc3)c2)c1. The molecule has 0 radical (unpaired) electrons. The van der Waals surface area contributed by atoms with Crippen molar-refractivity contribution in [1.82, 2.24) is 9.78 Å². The van der Waals surface area contributed by atoms with Crippen LogP contribution < -0.4 is 11.1 Å². The molecule has 9 heteroatoms. The topological polar surface area (TPSA) is 93.2 Å². The van der Waals surface area contributed by atoms with Crippen LogP contribution in [0.4, 0.5) is 18.9 Å². The standard InChI is InChI=1S/C30H29F3N4O2/c31-30(32,33)27-18-26(37(36-27)25-11-4-6-21(16-25)19-34)28(38)35-24-10-5-9-23(17-24)29(39,15-14-20-12-13-20)22-7-2-1-3-8-22/h1-11,16-18,20,39H,12-15,19,34H2,(H,35,38)/t29-/m1/s1. The third-order valence-electron chi connectivity index (χ3n) is 7.08. The summed E-state index contributed by atoms with van der Waals surface area (Å²) in [4.78, 5) is 13.3. The first-order chi connectivity index (χ1) is 18.7. The molecule has 202 valence electrons. The molecular weight excluding hydrogens is 505 g/mol. The second-order valence-electron chi connectivity index (χ2n) is 9.94. The average molecular weight is 535 g/mol. The number of anilines is 1. The molecule has 0 spiro atoms. The number of carbonyl (C=O) groups excluding carboxylic acids is 1. The van der Waals surface area contributed by atoms with Gasteiger partial charge in [-0.1, -0.05) is 67.4 Å². The van der Waals surface area contributed by atoms with E-state index in [0.717, 1.165) is 35.6 Å². The number of nitrogens with one attached hydrogen (secondary N) is 1. The van der Waals surface area contributed by atoms with Crippen molar-refractivity contribution in [2.24, 2.45) is 11.7 Å². The molecule has 1 aromatic heterocycles. The first-order valence-electron chi connectivity index (χ1n) is 12.8. The highest BCUT2D eigenvalue weighted by molar-refractivity contribution is 6.03. The number of alkyl halides is 3. The van der Waals surface area contributed by atoms with Gasteiger partial charge < -0.3 is 16.2 Å². The lowest BCUT2D eigenvalue weighted by atomic mass is 9.82. The molecule has 0 unspecified atom stereocenters. The molecule has 4 N–H and O–H groups in total. The van der Waals surface area contributed by atoms with Crippen molar-refractivity contribution in [3.63, 3.8) is 0 Å². The van der Waals surface area contributed by atoms with Crippen LogP contribution in [0.2, 0.25) is 0 Å². The van der Waals surface area contributed by atoms with Gasteiger partial charge in [0.1, 0.15) is 11.3 Å². The van der Waals surface area contributed by atoms with Crippen LogP contribution in [-0.4, -0.2) is 20.8 Å². The molecule has 0 saturated heterocycles. The summed E-state index contributed by atoms with van der Waals surface area (Å²) in [5.41, 5.74) is 5.59. The van der Waals surface area contributed by atoms with Crippen LogP contribution in [0.5, 0.6) is 0 Å². The van der Waals surface area contributed by atoms with E-state index in [1.807, 2.05) is 30.3 Å². The molecule has 1 atom stereocenters. The number of nitrogens with zero attached hydrogens (tertiary/aromatic N) is 2. The second kappa shape index (κ2) is 10.7. The summed E-state index contributed by atoms with van der Waals surface area (Å²) in [6.07, 6.45) is -1.05. The Morgan fingerprint density at radius 2 is 1.69 bits per heavy atom. The largest absolute Gasteiger partial charge is 0.435 e. The van der Waals surface area contributed by atoms with Crippen LogP contribution in [0.3, 0.4) is 0 Å². The van der Waals surface area contributed by atoms with Gasteiger partial charge in [0.2, 0.25) is 0 Å². The highest BCUT2D eigenvalue weighted by atomic mass is 19.4. The van der Waals surface area contributed by atoms with Crippen LogP contribution >= 0.6 is 0 Å². The number of benzene rings is 3. The van der Waals surface area contributed by atoms with Crippen molar-refractivity contribution in [2.75, 3.05) is 5.32 Å². The van der Waals surface area contributed by atoms with E-state index < -0.39 is 23.4 Å². The molecule has 3 aromatic carbocycles. The number of halogens is 3. The first kappa shape index (κ1) is 26.6. The summed E-state index contributed by atoms with van der Waals surface area (Å²) >= 11 is 0. The van der Waals surface area contributed by atoms with Crippen LogP contribution in [0.25, 0.3) is 5.69 Å². The Kier molecular flexibility index (Phi) is 7.29. The van der Waals surface area contributed by atoms with Crippen LogP contribution in [0, 0.1) is 5.92 Å². The number of nitrogens with two attached hydrogens (primary N) is 1. The van der Waals surface area contributed by atoms with Gasteiger partial charge in [-0.15, -0.1) is 0 Å². The monoisotopic (exact) mass is 534 g/mol. The number of rotatable bonds is 9. The van der Waals surface area contributed by atoms with Gasteiger partial charge in [-0.25, -0.2) is 4.68 Å². The summed E-state index contributed by atoms with van der Waals surface area (Å²) in [5.74, 6) is -0.168. The molecule has 5 rings (SSSR count). The minimum atomic E-state index is -4.74. The Balaban J connectivity index is 1.48. The fourth-order valence-electron chi connectivity index (χ4n) is 4.73. The number of amides is 1. The summed E-state index contributed by atoms with van der Waals surface area (Å²) in [7, 11) is 0. The highest BCUT2D eigenvalue weighted by Crippen LogP contribution is 2.41. The van der Waals surface area contributed by atoms with Gasteiger partial charge in [0.25, 0.3) is 5.91 Å². The van der Waals surface area contributed by atoms with Crippen LogP contribution in [0.15, 0.2) is 84.9 Å². The van der Waals surface area contributed by atoms with Crippen molar-refractivity contribution >= 4 is 11.6 Å². The zero-order valence-corrected chi connectivity index (χ0v) is 21.2. The van der Waals surface area contributed by atoms with Crippen LogP contribution in [-0.2, 0) is 18.3 Å². The van der Waals surface area contributed by atoms with E-state index in [9.17, 15) is 23.1 Å². The number of aromatic nitrogens is 2. The first-order valence-corrected chi connectivity index (χ1v) is 12.8. The second-order valence-corrected chi connectivity index (χ2v) is 9.94. The summed E-state index contributed by atoms with van der Waals surface area (Å²) in [5, 5.41) is 18.3. The molecule has 6 nitrogen and oxygen atoms in total. The Labute approximate surface area is 224 Å². The summed E-state index contributed by atoms with van der Waals surface area (Å²) in [6, 6.07) is 23.4. The summed E-state index contributed by atoms with van der Waals surface area (Å²) < 4.78 is 41.6. The van der Waals surface area contributed by atoms with E-state index in [1.165, 1.54) is 0 Å². The van der Waals surface area contributed by atoms with Crippen LogP contribution in [0.1, 0.15) is 58.6 Å². The van der Waals surface area contributed by atoms with Crippen molar-refractivity contribution in [3.05, 3.63) is 113 Å². The summed E-state index contributed by atoms with van der Waals surface area (Å²) in [6.45, 7) is 0.181. The molecule has 4 aromatic rings. The van der Waals surface area contributed by atoms with Crippen molar-refractivity contribution in [2.45, 2.75) is 44.0 Å². The molecule has 1 heterocycles. The fraction of sp³-hybridized carbons (Fsp3) is 0.267. The average Bonchev–Trinajstić information content (AvgIpc) is 3.66. The predicted molar refractivity (Wildman–Crippen MR) is 142 cm³/mol. The third-order valence-corrected chi connectivity index (χ3v) is 7.08. The third kappa shape index (κ3) is 5.89. The van der Waals surface area contributed by atoms with E-state index in [1.54, 1.807) is 48.5 Å². The molecular formula is C30H29F3N4O2. The van der Waals surface area contributed by atoms with Gasteiger partial charge >= 0.3 is 6.18 Å². The number of carbonyl (C=O) groups is 1. The predicted octanol–water partition coefficient (Wildman–Crippen LogP) is 6.03. The Morgan fingerprint density at radius 1 is 0.974 bits per heavy atom. The molecule has 0 aliphatic heterocycles. The Hall–Kier alpha value is -3.95. The molecule has 0 bridgehead atoms. The van der Waals surface area contributed by atoms with E-state index in [2.05, 4.69) is 10.4 Å². The fourth-order valence-corrected chi connectivity index (χ4v) is 4.73. The van der Waals surface area contributed by atoms with E-state index in [0.29, 0.717) is 29.2 Å². The zero-order chi connectivity index (χ0) is 27.6. The minimum Gasteiger partial charge on any atom is -0.380 e. The van der Waals surface area contributed by atoms with Gasteiger partial charge in [-0.05, 0) is 59.7 Å². The Morgan fingerprint density at radius 3 is 2.38 bits per heavy atom. The van der Waals surface area contributed by atoms with Gasteiger partial charge in [-0.3, -0.25) is 4.79 Å². The molecule has 1 aliphatic carbocycles.